The average Bonchev–Trinajstić information content (AvgIpc) is 2.73. The van der Waals surface area contributed by atoms with Crippen molar-refractivity contribution in [3.8, 4) is 5.75 Å². The van der Waals surface area contributed by atoms with E-state index in [2.05, 4.69) is 5.32 Å². The molecule has 2 aliphatic rings. The first-order valence-corrected chi connectivity index (χ1v) is 8.22. The highest BCUT2D eigenvalue weighted by Gasteiger charge is 2.45. The van der Waals surface area contributed by atoms with Gasteiger partial charge < -0.3 is 15.0 Å². The summed E-state index contributed by atoms with van der Waals surface area (Å²) in [4.78, 5) is 13.7. The SMILES string of the molecule is COc1ccc(N2C(=O)CN[C@@H]3CS(=O)(=O)C[C@@H]32)cc1. The molecule has 0 aliphatic carbocycles. The van der Waals surface area contributed by atoms with Gasteiger partial charge in [0.05, 0.1) is 31.2 Å². The van der Waals surface area contributed by atoms with E-state index in [0.717, 1.165) is 0 Å². The van der Waals surface area contributed by atoms with Crippen molar-refractivity contribution in [2.24, 2.45) is 0 Å². The van der Waals surface area contributed by atoms with Gasteiger partial charge in [0.25, 0.3) is 0 Å². The van der Waals surface area contributed by atoms with Crippen molar-refractivity contribution in [1.29, 1.82) is 0 Å². The number of hydrogen-bond donors (Lipinski definition) is 1. The molecule has 3 rings (SSSR count). The number of piperazine rings is 1. The average molecular weight is 296 g/mol. The van der Waals surface area contributed by atoms with Crippen LogP contribution in [0.5, 0.6) is 5.75 Å². The van der Waals surface area contributed by atoms with Crippen molar-refractivity contribution < 1.29 is 17.9 Å². The summed E-state index contributed by atoms with van der Waals surface area (Å²) in [5.41, 5.74) is 0.712. The molecular formula is C13H16N2O4S. The van der Waals surface area contributed by atoms with E-state index >= 15 is 0 Å². The van der Waals surface area contributed by atoms with Gasteiger partial charge in [-0.1, -0.05) is 0 Å². The largest absolute Gasteiger partial charge is 0.497 e. The molecule has 2 aliphatic heterocycles. The molecule has 1 amide bonds. The van der Waals surface area contributed by atoms with Gasteiger partial charge in [-0.2, -0.15) is 0 Å². The van der Waals surface area contributed by atoms with Crippen molar-refractivity contribution in [2.75, 3.05) is 30.1 Å². The third-order valence-electron chi connectivity index (χ3n) is 3.79. The van der Waals surface area contributed by atoms with E-state index in [1.54, 1.807) is 36.3 Å². The van der Waals surface area contributed by atoms with Gasteiger partial charge in [-0.05, 0) is 24.3 Å². The van der Waals surface area contributed by atoms with Crippen LogP contribution in [0, 0.1) is 0 Å². The molecule has 0 saturated carbocycles. The van der Waals surface area contributed by atoms with Crippen LogP contribution in [-0.4, -0.2) is 51.6 Å². The fourth-order valence-electron chi connectivity index (χ4n) is 2.85. The minimum Gasteiger partial charge on any atom is -0.497 e. The number of anilines is 1. The van der Waals surface area contributed by atoms with Crippen molar-refractivity contribution >= 4 is 21.4 Å². The third-order valence-corrected chi connectivity index (χ3v) is 5.51. The van der Waals surface area contributed by atoms with Crippen LogP contribution in [0.2, 0.25) is 0 Å². The Morgan fingerprint density at radius 3 is 2.60 bits per heavy atom. The number of methoxy groups -OCH3 is 1. The van der Waals surface area contributed by atoms with E-state index in [-0.39, 0.29) is 36.0 Å². The molecule has 0 unspecified atom stereocenters. The second-order valence-electron chi connectivity index (χ2n) is 5.09. The van der Waals surface area contributed by atoms with Crippen LogP contribution in [-0.2, 0) is 14.6 Å². The Bertz CT molecular complexity index is 626. The topological polar surface area (TPSA) is 75.7 Å². The summed E-state index contributed by atoms with van der Waals surface area (Å²) in [7, 11) is -1.51. The fraction of sp³-hybridized carbons (Fsp3) is 0.462. The number of ether oxygens (including phenoxy) is 1. The number of fused-ring (bicyclic) bond motifs is 1. The molecule has 108 valence electrons. The van der Waals surface area contributed by atoms with Crippen LogP contribution in [0.3, 0.4) is 0 Å². The van der Waals surface area contributed by atoms with Gasteiger partial charge in [-0.15, -0.1) is 0 Å². The second kappa shape index (κ2) is 4.75. The number of carbonyl (C=O) groups is 1. The highest BCUT2D eigenvalue weighted by molar-refractivity contribution is 7.91. The summed E-state index contributed by atoms with van der Waals surface area (Å²) in [5.74, 6) is 0.709. The monoisotopic (exact) mass is 296 g/mol. The maximum atomic E-state index is 12.1. The zero-order valence-corrected chi connectivity index (χ0v) is 11.9. The van der Waals surface area contributed by atoms with E-state index in [9.17, 15) is 13.2 Å². The number of benzene rings is 1. The molecule has 0 radical (unpaired) electrons. The molecule has 6 nitrogen and oxygen atoms in total. The van der Waals surface area contributed by atoms with E-state index in [1.807, 2.05) is 0 Å². The molecule has 0 aromatic heterocycles. The van der Waals surface area contributed by atoms with Crippen molar-refractivity contribution in [1.82, 2.24) is 5.32 Å². The van der Waals surface area contributed by atoms with Crippen LogP contribution in [0.1, 0.15) is 0 Å². The molecule has 7 heteroatoms. The molecule has 1 aromatic rings. The van der Waals surface area contributed by atoms with Crippen molar-refractivity contribution in [2.45, 2.75) is 12.1 Å². The van der Waals surface area contributed by atoms with E-state index < -0.39 is 9.84 Å². The first kappa shape index (κ1) is 13.4. The Labute approximate surface area is 117 Å². The van der Waals surface area contributed by atoms with Gasteiger partial charge in [-0.25, -0.2) is 8.42 Å². The zero-order valence-electron chi connectivity index (χ0n) is 11.1. The van der Waals surface area contributed by atoms with Gasteiger partial charge in [0.2, 0.25) is 5.91 Å². The lowest BCUT2D eigenvalue weighted by atomic mass is 10.1. The summed E-state index contributed by atoms with van der Waals surface area (Å²) in [6.45, 7) is 0.169. The maximum absolute atomic E-state index is 12.1. The zero-order chi connectivity index (χ0) is 14.3. The molecule has 1 N–H and O–H groups in total. The molecule has 0 spiro atoms. The lowest BCUT2D eigenvalue weighted by Gasteiger charge is -2.37. The smallest absolute Gasteiger partial charge is 0.241 e. The number of nitrogens with zero attached hydrogens (tertiary/aromatic N) is 1. The minimum atomic E-state index is -3.09. The molecule has 20 heavy (non-hydrogen) atoms. The molecular weight excluding hydrogens is 280 g/mol. The summed E-state index contributed by atoms with van der Waals surface area (Å²) in [6.07, 6.45) is 0. The van der Waals surface area contributed by atoms with Gasteiger partial charge >= 0.3 is 0 Å². The van der Waals surface area contributed by atoms with Crippen LogP contribution in [0.25, 0.3) is 0 Å². The standard InChI is InChI=1S/C13H16N2O4S/c1-19-10-4-2-9(3-5-10)15-12-8-20(17,18)7-11(12)14-6-13(15)16/h2-5,11-12,14H,6-8H2,1H3/t11-,12+/m1/s1. The second-order valence-corrected chi connectivity index (χ2v) is 7.25. The first-order chi connectivity index (χ1) is 9.50. The number of carbonyl (C=O) groups excluding carboxylic acids is 1. The Morgan fingerprint density at radius 1 is 1.25 bits per heavy atom. The van der Waals surface area contributed by atoms with E-state index in [1.165, 1.54) is 0 Å². The lowest BCUT2D eigenvalue weighted by molar-refractivity contribution is -0.119. The van der Waals surface area contributed by atoms with E-state index in [4.69, 9.17) is 4.74 Å². The quantitative estimate of drug-likeness (QED) is 0.818. The number of nitrogens with one attached hydrogen (secondary N) is 1. The molecule has 1 aromatic carbocycles. The van der Waals surface area contributed by atoms with Gasteiger partial charge in [0.15, 0.2) is 9.84 Å². The summed E-state index contributed by atoms with van der Waals surface area (Å²) in [5, 5.41) is 3.01. The maximum Gasteiger partial charge on any atom is 0.241 e. The summed E-state index contributed by atoms with van der Waals surface area (Å²) >= 11 is 0. The molecule has 2 atom stereocenters. The van der Waals surface area contributed by atoms with E-state index in [0.29, 0.717) is 11.4 Å². The Balaban J connectivity index is 1.94. The van der Waals surface area contributed by atoms with Gasteiger partial charge in [-0.3, -0.25) is 4.79 Å². The highest BCUT2D eigenvalue weighted by atomic mass is 32.2. The molecule has 2 heterocycles. The molecule has 0 bridgehead atoms. The number of hydrogen-bond acceptors (Lipinski definition) is 5. The summed E-state index contributed by atoms with van der Waals surface area (Å²) in [6, 6.07) is 6.59. The number of amides is 1. The van der Waals surface area contributed by atoms with Crippen LogP contribution in [0.15, 0.2) is 24.3 Å². The Morgan fingerprint density at radius 2 is 1.95 bits per heavy atom. The van der Waals surface area contributed by atoms with Gasteiger partial charge in [0.1, 0.15) is 5.75 Å². The van der Waals surface area contributed by atoms with Crippen LogP contribution in [0.4, 0.5) is 5.69 Å². The van der Waals surface area contributed by atoms with Crippen molar-refractivity contribution in [3.63, 3.8) is 0 Å². The number of sulfone groups is 1. The predicted octanol–water partition coefficient (Wildman–Crippen LogP) is -0.203. The number of rotatable bonds is 2. The summed E-state index contributed by atoms with van der Waals surface area (Å²) < 4.78 is 28.7. The normalized spacial score (nSPS) is 28.2. The first-order valence-electron chi connectivity index (χ1n) is 6.40. The van der Waals surface area contributed by atoms with Crippen LogP contribution >= 0.6 is 0 Å². The van der Waals surface area contributed by atoms with Gasteiger partial charge in [0, 0.05) is 11.7 Å². The van der Waals surface area contributed by atoms with Crippen molar-refractivity contribution in [3.05, 3.63) is 24.3 Å². The molecule has 2 saturated heterocycles. The van der Waals surface area contributed by atoms with Crippen LogP contribution < -0.4 is 15.0 Å². The minimum absolute atomic E-state index is 0.0163. The highest BCUT2D eigenvalue weighted by Crippen LogP contribution is 2.28. The lowest BCUT2D eigenvalue weighted by Crippen LogP contribution is -2.60. The Hall–Kier alpha value is -1.60. The third kappa shape index (κ3) is 2.27. The Kier molecular flexibility index (Phi) is 3.18. The predicted molar refractivity (Wildman–Crippen MR) is 74.7 cm³/mol. The fourth-order valence-corrected chi connectivity index (χ4v) is 4.77. The molecule has 2 fully saturated rings.